The van der Waals surface area contributed by atoms with Gasteiger partial charge in [-0.25, -0.2) is 14.0 Å². The van der Waals surface area contributed by atoms with Crippen LogP contribution in [0.1, 0.15) is 102 Å². The Morgan fingerprint density at radius 1 is 0.831 bits per heavy atom. The van der Waals surface area contributed by atoms with E-state index in [9.17, 15) is 43.7 Å². The maximum Gasteiger partial charge on any atom is 0.303 e. The summed E-state index contributed by atoms with van der Waals surface area (Å²) in [6.07, 6.45) is 9.03. The van der Waals surface area contributed by atoms with Crippen LogP contribution >= 0.6 is 12.0 Å². The molecule has 0 fully saturated rings. The molecule has 0 aromatic heterocycles. The predicted molar refractivity (Wildman–Crippen MR) is 263 cm³/mol. The van der Waals surface area contributed by atoms with Gasteiger partial charge in [0, 0.05) is 58.8 Å². The first-order chi connectivity index (χ1) is 33.2. The molecule has 0 bridgehead atoms. The van der Waals surface area contributed by atoms with E-state index in [0.717, 1.165) is 41.1 Å². The Balaban J connectivity index is 1.53. The van der Waals surface area contributed by atoms with Gasteiger partial charge in [-0.1, -0.05) is 31.0 Å². The van der Waals surface area contributed by atoms with Gasteiger partial charge in [-0.2, -0.15) is 29.8 Å². The van der Waals surface area contributed by atoms with Crippen molar-refractivity contribution < 1.29 is 81.5 Å². The van der Waals surface area contributed by atoms with Crippen molar-refractivity contribution in [1.29, 1.82) is 0 Å². The fraction of sp³-hybridized carbons (Fsp3) is 0.417. The highest BCUT2D eigenvalue weighted by molar-refractivity contribution is 7.94. The lowest BCUT2D eigenvalue weighted by Gasteiger charge is -2.28. The quantitative estimate of drug-likeness (QED) is 0.0148. The Morgan fingerprint density at radius 2 is 1.54 bits per heavy atom. The number of anilines is 1. The van der Waals surface area contributed by atoms with E-state index in [4.69, 9.17) is 15.1 Å². The average molecular weight is 1070 g/mol. The lowest BCUT2D eigenvalue weighted by Crippen LogP contribution is -2.28. The third kappa shape index (κ3) is 13.4. The molecule has 5 N–H and O–H groups in total. The summed E-state index contributed by atoms with van der Waals surface area (Å²) in [7, 11) is -13.1. The molecule has 0 radical (unpaired) electrons. The molecular formula is C48H57F2N2O15S4+. The van der Waals surface area contributed by atoms with Crippen LogP contribution in [0.15, 0.2) is 99.5 Å². The summed E-state index contributed by atoms with van der Waals surface area (Å²) in [5.41, 5.74) is 3.23. The number of nitrogens with zero attached hydrogens (tertiary/aromatic N) is 2. The molecule has 2 heterocycles. The van der Waals surface area contributed by atoms with E-state index in [2.05, 4.69) is 9.37 Å². The van der Waals surface area contributed by atoms with E-state index < -0.39 is 75.9 Å². The molecule has 3 aliphatic rings. The summed E-state index contributed by atoms with van der Waals surface area (Å²) < 4.78 is 146. The molecule has 3 aromatic rings. The standard InChI is InChI=1S/C48H56F2N2O15S4/c1-47(2)35-29-33(68-67-66-55)16-19-38(35)51(24-5-7-27-69(56,57)58)41(47)22-14-31-11-9-12-32(44(31)45-37(49)18-21-40(46(45)50)65-26-10-13-43(53)54)15-23-42-48(3,4)36-30-34(71(62,63)64)17-20-39(36)52(42)25-6-8-28-70(59,60)61/h14-23,29-30H,5-13,24-28H2,1-4H3,(H4-,53,54,55,56,57,58,59,60,61,62,63,64)/p+1. The summed E-state index contributed by atoms with van der Waals surface area (Å²) in [5.74, 6) is -4.24. The molecule has 0 unspecified atom stereocenters. The Labute approximate surface area is 416 Å². The van der Waals surface area contributed by atoms with Gasteiger partial charge in [-0.15, -0.1) is 4.33 Å². The van der Waals surface area contributed by atoms with Crippen LogP contribution in [0.2, 0.25) is 0 Å². The van der Waals surface area contributed by atoms with Crippen molar-refractivity contribution in [1.82, 2.24) is 0 Å². The predicted octanol–water partition coefficient (Wildman–Crippen LogP) is 9.40. The molecule has 0 amide bonds. The Kier molecular flexibility index (Phi) is 17.6. The highest BCUT2D eigenvalue weighted by atomic mass is 32.2. The summed E-state index contributed by atoms with van der Waals surface area (Å²) in [4.78, 5) is 13.3. The maximum absolute atomic E-state index is 17.0. The molecule has 0 atom stereocenters. The summed E-state index contributed by atoms with van der Waals surface area (Å²) >= 11 is 0.770. The van der Waals surface area contributed by atoms with Crippen LogP contribution in [0.4, 0.5) is 20.2 Å². The van der Waals surface area contributed by atoms with Crippen LogP contribution in [0.5, 0.6) is 5.75 Å². The summed E-state index contributed by atoms with van der Waals surface area (Å²) in [6.45, 7) is 7.97. The van der Waals surface area contributed by atoms with Crippen molar-refractivity contribution in [2.45, 2.75) is 106 Å². The molecule has 1 aliphatic carbocycles. The number of carbonyl (C=O) groups is 1. The number of fused-ring (bicyclic) bond motifs is 2. The van der Waals surface area contributed by atoms with Crippen LogP contribution in [-0.2, 0) is 55.4 Å². The van der Waals surface area contributed by atoms with Crippen molar-refractivity contribution in [3.05, 3.63) is 118 Å². The number of rotatable bonds is 23. The van der Waals surface area contributed by atoms with Crippen molar-refractivity contribution in [3.8, 4) is 5.75 Å². The van der Waals surface area contributed by atoms with Crippen molar-refractivity contribution >= 4 is 71.0 Å². The minimum Gasteiger partial charge on any atom is -0.490 e. The monoisotopic (exact) mass is 1070 g/mol. The fourth-order valence-corrected chi connectivity index (χ4v) is 11.4. The zero-order valence-corrected chi connectivity index (χ0v) is 42.7. The maximum atomic E-state index is 17.0. The third-order valence-corrected chi connectivity index (χ3v) is 15.8. The largest absolute Gasteiger partial charge is 0.490 e. The second-order valence-corrected chi connectivity index (χ2v) is 23.7. The third-order valence-electron chi connectivity index (χ3n) is 12.8. The van der Waals surface area contributed by atoms with Gasteiger partial charge in [0.25, 0.3) is 30.4 Å². The average Bonchev–Trinajstić information content (AvgIpc) is 3.62. The number of ether oxygens (including phenoxy) is 1. The SMILES string of the molecule is CC1(C)C(=CC=C2CCCC(C=CC3=[N+](CCCCS(=O)(=O)O)c4ccc(SOOO)cc4C3(C)C)=C2c2c(F)ccc(OCCCC(=O)O)c2F)N(CCCCS(=O)(=O)O)c2ccc(S(=O)(=O)O)cc21. The van der Waals surface area contributed by atoms with Gasteiger partial charge in [-0.3, -0.25) is 18.5 Å². The summed E-state index contributed by atoms with van der Waals surface area (Å²) in [6, 6.07) is 11.8. The molecule has 6 rings (SSSR count). The van der Waals surface area contributed by atoms with Crippen molar-refractivity contribution in [2.75, 3.05) is 36.1 Å². The van der Waals surface area contributed by atoms with Gasteiger partial charge < -0.3 is 14.7 Å². The second-order valence-electron chi connectivity index (χ2n) is 18.4. The molecule has 23 heteroatoms. The number of unbranched alkanes of at least 4 members (excludes halogenated alkanes) is 2. The second kappa shape index (κ2) is 22.5. The van der Waals surface area contributed by atoms with Crippen LogP contribution in [0.3, 0.4) is 0 Å². The highest BCUT2D eigenvalue weighted by Crippen LogP contribution is 2.50. The lowest BCUT2D eigenvalue weighted by atomic mass is 9.79. The normalized spacial score (nSPS) is 18.0. The molecular weight excluding hydrogens is 1010 g/mol. The summed E-state index contributed by atoms with van der Waals surface area (Å²) in [5, 5.41) is 21.8. The van der Waals surface area contributed by atoms with E-state index in [1.165, 1.54) is 18.2 Å². The minimum absolute atomic E-state index is 0.0542. The van der Waals surface area contributed by atoms with Gasteiger partial charge >= 0.3 is 5.97 Å². The Morgan fingerprint density at radius 3 is 2.20 bits per heavy atom. The number of carboxylic acid groups (broad SMARTS) is 1. The highest BCUT2D eigenvalue weighted by Gasteiger charge is 2.45. The van der Waals surface area contributed by atoms with Crippen molar-refractivity contribution in [2.24, 2.45) is 0 Å². The van der Waals surface area contributed by atoms with Gasteiger partial charge in [0.15, 0.2) is 17.3 Å². The molecule has 0 saturated heterocycles. The Hall–Kier alpha value is -4.82. The van der Waals surface area contributed by atoms with E-state index in [1.807, 2.05) is 55.4 Å². The molecule has 0 saturated carbocycles. The first-order valence-electron chi connectivity index (χ1n) is 22.6. The topological polar surface area (TPSA) is 255 Å². The van der Waals surface area contributed by atoms with Crippen molar-refractivity contribution in [3.63, 3.8) is 0 Å². The smallest absolute Gasteiger partial charge is 0.303 e. The number of halogens is 2. The molecule has 386 valence electrons. The van der Waals surface area contributed by atoms with Crippen LogP contribution in [0.25, 0.3) is 5.57 Å². The van der Waals surface area contributed by atoms with E-state index in [-0.39, 0.29) is 61.5 Å². The van der Waals surface area contributed by atoms with Gasteiger partial charge in [0.2, 0.25) is 5.69 Å². The number of allylic oxidation sites excluding steroid dienone is 8. The first-order valence-corrected chi connectivity index (χ1v) is 28.0. The molecule has 0 spiro atoms. The van der Waals surface area contributed by atoms with Gasteiger partial charge in [0.05, 0.1) is 46.0 Å². The minimum atomic E-state index is -4.62. The fourth-order valence-electron chi connectivity index (χ4n) is 9.39. The van der Waals surface area contributed by atoms with E-state index in [1.54, 1.807) is 24.3 Å². The Bertz CT molecular complexity index is 3060. The zero-order valence-electron chi connectivity index (χ0n) is 39.4. The molecule has 2 aliphatic heterocycles. The number of hydrogen-bond donors (Lipinski definition) is 5. The molecule has 71 heavy (non-hydrogen) atoms. The van der Waals surface area contributed by atoms with Crippen LogP contribution in [-0.4, -0.2) is 96.7 Å². The number of hydrogen-bond acceptors (Lipinski definition) is 13. The van der Waals surface area contributed by atoms with E-state index >= 15 is 8.78 Å². The van der Waals surface area contributed by atoms with Crippen LogP contribution in [0, 0.1) is 11.6 Å². The first kappa shape index (κ1) is 55.5. The number of benzene rings is 3. The number of carboxylic acids is 1. The van der Waals surface area contributed by atoms with Gasteiger partial charge in [0.1, 0.15) is 12.4 Å². The zero-order chi connectivity index (χ0) is 52.1. The molecule has 3 aromatic carbocycles. The molecule has 17 nitrogen and oxygen atoms in total. The lowest BCUT2D eigenvalue weighted by molar-refractivity contribution is -0.438. The van der Waals surface area contributed by atoms with E-state index in [0.29, 0.717) is 65.2 Å². The number of aliphatic carboxylic acids is 1. The van der Waals surface area contributed by atoms with Crippen LogP contribution < -0.4 is 9.64 Å². The van der Waals surface area contributed by atoms with Gasteiger partial charge in [-0.05, 0) is 130 Å².